The van der Waals surface area contributed by atoms with Gasteiger partial charge in [0, 0.05) is 14.2 Å². The third-order valence-corrected chi connectivity index (χ3v) is 3.21. The fourth-order valence-electron chi connectivity index (χ4n) is 2.48. The number of rotatable bonds is 4. The molecule has 0 saturated carbocycles. The van der Waals surface area contributed by atoms with E-state index in [4.69, 9.17) is 14.2 Å². The van der Waals surface area contributed by atoms with Crippen molar-refractivity contribution in [3.63, 3.8) is 0 Å². The van der Waals surface area contributed by atoms with Crippen molar-refractivity contribution in [1.29, 1.82) is 0 Å². The molecule has 0 aromatic carbocycles. The monoisotopic (exact) mass is 212 g/mol. The summed E-state index contributed by atoms with van der Waals surface area (Å²) < 4.78 is 16.2. The molecule has 0 aliphatic carbocycles. The maximum atomic E-state index is 11.4. The Bertz CT molecular complexity index is 295. The van der Waals surface area contributed by atoms with Gasteiger partial charge >= 0.3 is 0 Å². The van der Waals surface area contributed by atoms with Crippen LogP contribution < -0.4 is 0 Å². The van der Waals surface area contributed by atoms with Gasteiger partial charge in [0.25, 0.3) is 0 Å². The zero-order chi connectivity index (χ0) is 11.1. The molecule has 2 aliphatic heterocycles. The van der Waals surface area contributed by atoms with E-state index in [0.29, 0.717) is 6.42 Å². The molecule has 0 aromatic heterocycles. The minimum Gasteiger partial charge on any atom is -0.358 e. The lowest BCUT2D eigenvalue weighted by molar-refractivity contribution is -0.199. The Morgan fingerprint density at radius 2 is 2.20 bits per heavy atom. The smallest absolute Gasteiger partial charge is 0.189 e. The molecule has 4 heteroatoms. The zero-order valence-corrected chi connectivity index (χ0v) is 9.23. The molecule has 0 aromatic rings. The maximum absolute atomic E-state index is 11.4. The molecule has 2 heterocycles. The predicted molar refractivity (Wildman–Crippen MR) is 53.3 cm³/mol. The van der Waals surface area contributed by atoms with E-state index < -0.39 is 11.9 Å². The van der Waals surface area contributed by atoms with Gasteiger partial charge in [0.05, 0.1) is 12.0 Å². The van der Waals surface area contributed by atoms with Crippen molar-refractivity contribution < 1.29 is 19.0 Å². The second-order valence-electron chi connectivity index (χ2n) is 4.12. The van der Waals surface area contributed by atoms with Crippen LogP contribution in [0.25, 0.3) is 0 Å². The highest BCUT2D eigenvalue weighted by atomic mass is 16.7. The van der Waals surface area contributed by atoms with E-state index >= 15 is 0 Å². The fraction of sp³-hybridized carbons (Fsp3) is 0.727. The van der Waals surface area contributed by atoms with E-state index in [2.05, 4.69) is 0 Å². The number of ether oxygens (including phenoxy) is 3. The Balaban J connectivity index is 2.20. The second-order valence-corrected chi connectivity index (χ2v) is 4.12. The summed E-state index contributed by atoms with van der Waals surface area (Å²) in [6.45, 7) is 1.60. The van der Waals surface area contributed by atoms with Gasteiger partial charge in [-0.25, -0.2) is 0 Å². The molecule has 4 nitrogen and oxygen atoms in total. The predicted octanol–water partition coefficient (Wildman–Crippen LogP) is 0.908. The quantitative estimate of drug-likeness (QED) is 0.513. The molecule has 84 valence electrons. The van der Waals surface area contributed by atoms with Gasteiger partial charge in [-0.15, -0.1) is 0 Å². The number of carbonyl (C=O) groups is 1. The molecule has 0 N–H and O–H groups in total. The molecule has 0 amide bonds. The van der Waals surface area contributed by atoms with Gasteiger partial charge in [0.2, 0.25) is 0 Å². The van der Waals surface area contributed by atoms with Crippen LogP contribution >= 0.6 is 0 Å². The van der Waals surface area contributed by atoms with Gasteiger partial charge in [-0.3, -0.25) is 4.79 Å². The van der Waals surface area contributed by atoms with Crippen molar-refractivity contribution >= 4 is 5.78 Å². The normalized spacial score (nSPS) is 37.9. The number of ketones is 1. The highest BCUT2D eigenvalue weighted by Crippen LogP contribution is 2.45. The molecule has 15 heavy (non-hydrogen) atoms. The van der Waals surface area contributed by atoms with Crippen LogP contribution in [0.15, 0.2) is 12.2 Å². The second kappa shape index (κ2) is 3.70. The molecule has 0 spiro atoms. The van der Waals surface area contributed by atoms with E-state index in [1.54, 1.807) is 21.1 Å². The minimum absolute atomic E-state index is 0.0530. The van der Waals surface area contributed by atoms with Gasteiger partial charge in [-0.2, -0.15) is 0 Å². The van der Waals surface area contributed by atoms with Crippen molar-refractivity contribution in [3.8, 4) is 0 Å². The lowest BCUT2D eigenvalue weighted by Gasteiger charge is -2.30. The first-order valence-electron chi connectivity index (χ1n) is 5.06. The van der Waals surface area contributed by atoms with E-state index in [1.807, 2.05) is 12.2 Å². The summed E-state index contributed by atoms with van der Waals surface area (Å²) in [6.07, 6.45) is 3.99. The van der Waals surface area contributed by atoms with E-state index in [1.165, 1.54) is 0 Å². The Labute approximate surface area is 89.2 Å². The Morgan fingerprint density at radius 3 is 2.67 bits per heavy atom. The minimum atomic E-state index is -0.565. The third-order valence-electron chi connectivity index (χ3n) is 3.21. The summed E-state index contributed by atoms with van der Waals surface area (Å²) in [6, 6.07) is 0. The number of carbonyl (C=O) groups excluding carboxylic acids is 1. The first-order valence-corrected chi connectivity index (χ1v) is 5.06. The van der Waals surface area contributed by atoms with Gasteiger partial charge < -0.3 is 14.2 Å². The Morgan fingerprint density at radius 1 is 1.53 bits per heavy atom. The molecule has 2 rings (SSSR count). The van der Waals surface area contributed by atoms with Crippen LogP contribution in [0.4, 0.5) is 0 Å². The van der Waals surface area contributed by atoms with Crippen LogP contribution in [0.5, 0.6) is 0 Å². The molecule has 3 atom stereocenters. The maximum Gasteiger partial charge on any atom is 0.189 e. The van der Waals surface area contributed by atoms with Crippen LogP contribution in [0.2, 0.25) is 0 Å². The first kappa shape index (κ1) is 10.8. The highest BCUT2D eigenvalue weighted by molar-refractivity contribution is 5.80. The molecule has 1 saturated heterocycles. The third kappa shape index (κ3) is 1.53. The van der Waals surface area contributed by atoms with Crippen molar-refractivity contribution in [2.24, 2.45) is 5.92 Å². The van der Waals surface area contributed by atoms with Crippen LogP contribution in [0.3, 0.4) is 0 Å². The number of methoxy groups -OCH3 is 2. The van der Waals surface area contributed by atoms with Gasteiger partial charge in [-0.05, 0) is 19.4 Å². The zero-order valence-electron chi connectivity index (χ0n) is 9.23. The van der Waals surface area contributed by atoms with Crippen molar-refractivity contribution in [1.82, 2.24) is 0 Å². The summed E-state index contributed by atoms with van der Waals surface area (Å²) in [5, 5.41) is 0. The molecule has 2 aliphatic rings. The highest BCUT2D eigenvalue weighted by Gasteiger charge is 2.54. The lowest BCUT2D eigenvalue weighted by atomic mass is 9.84. The standard InChI is InChI=1S/C11H16O4/c1-7(12)8-6-11(10(13-2)14-3)5-4-9(8)15-11/h4-5,8-10H,6H2,1-3H3. The summed E-state index contributed by atoms with van der Waals surface area (Å²) in [5.41, 5.74) is -0.565. The SMILES string of the molecule is COC(OC)C12C=CC(O1)C(C(C)=O)C2. The van der Waals surface area contributed by atoms with Crippen LogP contribution in [0.1, 0.15) is 13.3 Å². The summed E-state index contributed by atoms with van der Waals surface area (Å²) in [4.78, 5) is 11.4. The largest absolute Gasteiger partial charge is 0.358 e. The van der Waals surface area contributed by atoms with Crippen molar-refractivity contribution in [2.45, 2.75) is 31.3 Å². The van der Waals surface area contributed by atoms with Gasteiger partial charge in [-0.1, -0.05) is 6.08 Å². The van der Waals surface area contributed by atoms with Gasteiger partial charge in [0.15, 0.2) is 6.29 Å². The van der Waals surface area contributed by atoms with Crippen molar-refractivity contribution in [2.75, 3.05) is 14.2 Å². The number of hydrogen-bond acceptors (Lipinski definition) is 4. The molecular weight excluding hydrogens is 196 g/mol. The summed E-state index contributed by atoms with van der Waals surface area (Å²) in [7, 11) is 3.16. The average molecular weight is 212 g/mol. The van der Waals surface area contributed by atoms with Crippen LogP contribution in [0, 0.1) is 5.92 Å². The fourth-order valence-corrected chi connectivity index (χ4v) is 2.48. The summed E-state index contributed by atoms with van der Waals surface area (Å²) >= 11 is 0. The first-order chi connectivity index (χ1) is 7.13. The van der Waals surface area contributed by atoms with Crippen LogP contribution in [-0.2, 0) is 19.0 Å². The Kier molecular flexibility index (Phi) is 2.66. The molecule has 3 unspecified atom stereocenters. The van der Waals surface area contributed by atoms with Crippen molar-refractivity contribution in [3.05, 3.63) is 12.2 Å². The molecule has 2 bridgehead atoms. The van der Waals surface area contributed by atoms with E-state index in [0.717, 1.165) is 0 Å². The van der Waals surface area contributed by atoms with Crippen LogP contribution in [-0.4, -0.2) is 38.0 Å². The van der Waals surface area contributed by atoms with Gasteiger partial charge in [0.1, 0.15) is 11.4 Å². The number of hydrogen-bond donors (Lipinski definition) is 0. The summed E-state index contributed by atoms with van der Waals surface area (Å²) in [5.74, 6) is 0.111. The molecular formula is C11H16O4. The lowest BCUT2D eigenvalue weighted by Crippen LogP contribution is -2.42. The topological polar surface area (TPSA) is 44.8 Å². The van der Waals surface area contributed by atoms with E-state index in [9.17, 15) is 4.79 Å². The number of fused-ring (bicyclic) bond motifs is 2. The number of Topliss-reactive ketones (excluding diaryl/α,β-unsaturated/α-hetero) is 1. The van der Waals surface area contributed by atoms with E-state index in [-0.39, 0.29) is 17.8 Å². The molecule has 0 radical (unpaired) electrons. The molecule has 1 fully saturated rings. The Hall–Kier alpha value is -0.710. The average Bonchev–Trinajstić information content (AvgIpc) is 2.77.